The van der Waals surface area contributed by atoms with Crippen LogP contribution in [0.1, 0.15) is 34.1 Å². The number of amides is 1. The second kappa shape index (κ2) is 10.0. The molecule has 1 aliphatic heterocycles. The van der Waals surface area contributed by atoms with Crippen LogP contribution in [0.5, 0.6) is 5.75 Å². The quantitative estimate of drug-likeness (QED) is 0.774. The molecule has 0 aliphatic carbocycles. The number of amidine groups is 1. The molecule has 2 aromatic rings. The number of carbonyl (C=O) groups is 1. The highest BCUT2D eigenvalue weighted by molar-refractivity contribution is 6.30. The van der Waals surface area contributed by atoms with Crippen LogP contribution in [0.15, 0.2) is 29.4 Å². The number of ether oxygens (including phenoxy) is 2. The summed E-state index contributed by atoms with van der Waals surface area (Å²) in [5, 5.41) is 3.05. The van der Waals surface area contributed by atoms with Gasteiger partial charge in [0.15, 0.2) is 11.4 Å². The Morgan fingerprint density at radius 3 is 2.76 bits per heavy atom. The molecular formula is C19H21ClF2N4O3. The van der Waals surface area contributed by atoms with Gasteiger partial charge in [0.1, 0.15) is 5.82 Å². The van der Waals surface area contributed by atoms with E-state index in [9.17, 15) is 13.6 Å². The second-order valence-electron chi connectivity index (χ2n) is 5.98. The lowest BCUT2D eigenvalue weighted by Gasteiger charge is -2.21. The van der Waals surface area contributed by atoms with Crippen LogP contribution in [-0.4, -0.2) is 37.8 Å². The molecule has 1 amide bonds. The fourth-order valence-electron chi connectivity index (χ4n) is 2.80. The minimum absolute atomic E-state index is 0.0212. The van der Waals surface area contributed by atoms with Gasteiger partial charge < -0.3 is 20.5 Å². The van der Waals surface area contributed by atoms with Gasteiger partial charge in [0, 0.05) is 29.9 Å². The third-order valence-electron chi connectivity index (χ3n) is 4.08. The molecule has 0 radical (unpaired) electrons. The summed E-state index contributed by atoms with van der Waals surface area (Å²) in [7, 11) is 1.91. The van der Waals surface area contributed by atoms with Crippen LogP contribution < -0.4 is 15.8 Å². The van der Waals surface area contributed by atoms with E-state index in [4.69, 9.17) is 26.8 Å². The van der Waals surface area contributed by atoms with Crippen LogP contribution in [0, 0.1) is 12.7 Å². The highest BCUT2D eigenvalue weighted by Crippen LogP contribution is 2.31. The standard InChI is InChI=1S/C18H18ClFN4O3.CH3F/c1-9-5-11(7-12(15(9)20)13-3-4-27-18(21)24-13)23-17(25)16-14(26-2)6-10(19)8-22-16;1-2/h5-8,13H,3-4H2,1-2H3,(H2,21,24)(H,23,25);1H3. The average Bonchev–Trinajstić information content (AvgIpc) is 2.71. The Hall–Kier alpha value is -2.94. The number of rotatable bonds is 4. The number of anilines is 1. The predicted octanol–water partition coefficient (Wildman–Crippen LogP) is 3.81. The number of hydrogen-bond acceptors (Lipinski definition) is 6. The van der Waals surface area contributed by atoms with Crippen molar-refractivity contribution in [3.05, 3.63) is 52.1 Å². The topological polar surface area (TPSA) is 98.8 Å². The van der Waals surface area contributed by atoms with Crippen molar-refractivity contribution in [1.29, 1.82) is 0 Å². The number of nitrogens with zero attached hydrogens (tertiary/aromatic N) is 2. The third kappa shape index (κ3) is 5.32. The second-order valence-corrected chi connectivity index (χ2v) is 6.41. The molecule has 1 atom stereocenters. The first-order valence-corrected chi connectivity index (χ1v) is 8.91. The molecule has 0 saturated carbocycles. The monoisotopic (exact) mass is 426 g/mol. The molecule has 1 unspecified atom stereocenters. The summed E-state index contributed by atoms with van der Waals surface area (Å²) in [6.07, 6.45) is 1.83. The SMILES string of the molecule is CF.COc1cc(Cl)cnc1C(=O)Nc1cc(C)c(F)c(C2CCOC(N)=N2)c1. The van der Waals surface area contributed by atoms with Gasteiger partial charge in [-0.25, -0.2) is 14.4 Å². The maximum absolute atomic E-state index is 14.6. The highest BCUT2D eigenvalue weighted by atomic mass is 35.5. The summed E-state index contributed by atoms with van der Waals surface area (Å²) in [6.45, 7) is 1.96. The summed E-state index contributed by atoms with van der Waals surface area (Å²) in [6, 6.07) is 4.11. The van der Waals surface area contributed by atoms with Gasteiger partial charge in [-0.2, -0.15) is 0 Å². The van der Waals surface area contributed by atoms with E-state index in [1.807, 2.05) is 0 Å². The molecule has 156 valence electrons. The fourth-order valence-corrected chi connectivity index (χ4v) is 2.95. The van der Waals surface area contributed by atoms with Crippen LogP contribution in [0.25, 0.3) is 0 Å². The average molecular weight is 427 g/mol. The van der Waals surface area contributed by atoms with E-state index in [1.165, 1.54) is 31.5 Å². The predicted molar refractivity (Wildman–Crippen MR) is 107 cm³/mol. The van der Waals surface area contributed by atoms with E-state index in [1.54, 1.807) is 6.92 Å². The molecule has 7 nitrogen and oxygen atoms in total. The van der Waals surface area contributed by atoms with E-state index in [2.05, 4.69) is 15.3 Å². The van der Waals surface area contributed by atoms with Crippen molar-refractivity contribution in [2.24, 2.45) is 10.7 Å². The number of aliphatic imine (C=N–C) groups is 1. The summed E-state index contributed by atoms with van der Waals surface area (Å²) < 4.78 is 34.3. The Labute approximate surface area is 171 Å². The molecule has 0 bridgehead atoms. The van der Waals surface area contributed by atoms with Gasteiger partial charge in [0.25, 0.3) is 11.9 Å². The Morgan fingerprint density at radius 1 is 1.38 bits per heavy atom. The van der Waals surface area contributed by atoms with E-state index in [0.717, 1.165) is 0 Å². The van der Waals surface area contributed by atoms with Gasteiger partial charge in [0.2, 0.25) is 0 Å². The first-order chi connectivity index (χ1) is 13.9. The summed E-state index contributed by atoms with van der Waals surface area (Å²) in [4.78, 5) is 20.7. The van der Waals surface area contributed by atoms with Gasteiger partial charge in [-0.1, -0.05) is 11.6 Å². The van der Waals surface area contributed by atoms with Gasteiger partial charge in [-0.3, -0.25) is 9.18 Å². The van der Waals surface area contributed by atoms with Crippen molar-refractivity contribution in [3.63, 3.8) is 0 Å². The molecule has 1 aromatic heterocycles. The maximum Gasteiger partial charge on any atom is 0.282 e. The smallest absolute Gasteiger partial charge is 0.282 e. The van der Waals surface area contributed by atoms with Crippen LogP contribution >= 0.6 is 11.6 Å². The zero-order valence-electron chi connectivity index (χ0n) is 16.1. The summed E-state index contributed by atoms with van der Waals surface area (Å²) in [5.41, 5.74) is 6.79. The molecule has 10 heteroatoms. The first kappa shape index (κ1) is 22.4. The zero-order valence-corrected chi connectivity index (χ0v) is 16.9. The van der Waals surface area contributed by atoms with Crippen molar-refractivity contribution in [2.75, 3.05) is 26.2 Å². The van der Waals surface area contributed by atoms with Crippen molar-refractivity contribution in [2.45, 2.75) is 19.4 Å². The maximum atomic E-state index is 14.6. The summed E-state index contributed by atoms with van der Waals surface area (Å²) in [5.74, 6) is -0.657. The number of hydrogen-bond donors (Lipinski definition) is 2. The highest BCUT2D eigenvalue weighted by Gasteiger charge is 2.23. The number of aryl methyl sites for hydroxylation is 1. The summed E-state index contributed by atoms with van der Waals surface area (Å²) >= 11 is 5.87. The molecular weight excluding hydrogens is 406 g/mol. The molecule has 2 heterocycles. The molecule has 3 N–H and O–H groups in total. The van der Waals surface area contributed by atoms with Crippen LogP contribution in [0.3, 0.4) is 0 Å². The number of halogens is 3. The number of aromatic nitrogens is 1. The first-order valence-electron chi connectivity index (χ1n) is 8.54. The molecule has 1 aliphatic rings. The van der Waals surface area contributed by atoms with Gasteiger partial charge in [-0.15, -0.1) is 0 Å². The van der Waals surface area contributed by atoms with Crippen molar-refractivity contribution >= 4 is 29.2 Å². The number of methoxy groups -OCH3 is 1. The zero-order chi connectivity index (χ0) is 21.6. The Kier molecular flexibility index (Phi) is 7.72. The van der Waals surface area contributed by atoms with E-state index >= 15 is 0 Å². The third-order valence-corrected chi connectivity index (χ3v) is 4.28. The number of benzene rings is 1. The van der Waals surface area contributed by atoms with E-state index < -0.39 is 17.8 Å². The van der Waals surface area contributed by atoms with Gasteiger partial charge >= 0.3 is 0 Å². The Bertz CT molecular complexity index is 925. The lowest BCUT2D eigenvalue weighted by molar-refractivity contribution is 0.101. The fraction of sp³-hybridized carbons (Fsp3) is 0.316. The Balaban J connectivity index is 0.00000145. The molecule has 0 saturated heterocycles. The minimum atomic E-state index is -0.504. The normalized spacial score (nSPS) is 15.4. The number of alkyl halides is 1. The van der Waals surface area contributed by atoms with Gasteiger partial charge in [-0.05, 0) is 24.6 Å². The number of carbonyl (C=O) groups excluding carboxylic acids is 1. The Morgan fingerprint density at radius 2 is 2.10 bits per heavy atom. The van der Waals surface area contributed by atoms with Crippen molar-refractivity contribution in [1.82, 2.24) is 4.98 Å². The van der Waals surface area contributed by atoms with Crippen molar-refractivity contribution < 1.29 is 23.0 Å². The van der Waals surface area contributed by atoms with Crippen LogP contribution in [0.2, 0.25) is 5.02 Å². The molecule has 0 spiro atoms. The van der Waals surface area contributed by atoms with Crippen LogP contribution in [0.4, 0.5) is 14.5 Å². The molecule has 1 aromatic carbocycles. The molecule has 29 heavy (non-hydrogen) atoms. The number of nitrogens with one attached hydrogen (secondary N) is 1. The lowest BCUT2D eigenvalue weighted by Crippen LogP contribution is -2.24. The number of pyridine rings is 1. The van der Waals surface area contributed by atoms with E-state index in [0.29, 0.717) is 42.0 Å². The molecule has 0 fully saturated rings. The minimum Gasteiger partial charge on any atom is -0.494 e. The lowest BCUT2D eigenvalue weighted by atomic mass is 10.00. The van der Waals surface area contributed by atoms with Crippen molar-refractivity contribution in [3.8, 4) is 5.75 Å². The molecule has 3 rings (SSSR count). The number of nitrogens with two attached hydrogens (primary N) is 1. The van der Waals surface area contributed by atoms with Crippen LogP contribution in [-0.2, 0) is 4.74 Å². The van der Waals surface area contributed by atoms with Gasteiger partial charge in [0.05, 0.1) is 32.0 Å². The van der Waals surface area contributed by atoms with E-state index in [-0.39, 0.29) is 17.5 Å². The largest absolute Gasteiger partial charge is 0.494 e.